The first-order chi connectivity index (χ1) is 18.3. The van der Waals surface area contributed by atoms with Gasteiger partial charge in [0.2, 0.25) is 5.91 Å². The number of anilines is 1. The summed E-state index contributed by atoms with van der Waals surface area (Å²) in [5.74, 6) is 0.789. The van der Waals surface area contributed by atoms with E-state index in [0.29, 0.717) is 27.8 Å². The lowest BCUT2D eigenvalue weighted by Crippen LogP contribution is -2.27. The fourth-order valence-electron chi connectivity index (χ4n) is 5.25. The number of carbonyl (C=O) groups is 2. The molecule has 2 aliphatic heterocycles. The maximum absolute atomic E-state index is 12.9. The number of halogens is 2. The summed E-state index contributed by atoms with van der Waals surface area (Å²) in [7, 11) is 0. The van der Waals surface area contributed by atoms with Crippen molar-refractivity contribution in [1.82, 2.24) is 9.88 Å². The number of likely N-dealkylation sites (tertiary alicyclic amines) is 1. The van der Waals surface area contributed by atoms with Crippen LogP contribution < -0.4 is 5.32 Å². The lowest BCUT2D eigenvalue weighted by Gasteiger charge is -2.14. The number of thioether (sulfide) groups is 1. The molecule has 1 aromatic heterocycles. The number of aryl methyl sites for hydroxylation is 1. The number of rotatable bonds is 8. The minimum atomic E-state index is -0.110. The molecule has 38 heavy (non-hydrogen) atoms. The van der Waals surface area contributed by atoms with Gasteiger partial charge in [-0.1, -0.05) is 29.3 Å². The molecule has 3 aromatic rings. The highest BCUT2D eigenvalue weighted by Crippen LogP contribution is 2.38. The first kappa shape index (κ1) is 26.9. The van der Waals surface area contributed by atoms with Crippen LogP contribution in [0.25, 0.3) is 11.6 Å². The van der Waals surface area contributed by atoms with Gasteiger partial charge in [0.25, 0.3) is 5.91 Å². The lowest BCUT2D eigenvalue weighted by molar-refractivity contribution is -0.130. The molecule has 1 saturated heterocycles. The van der Waals surface area contributed by atoms with Gasteiger partial charge in [-0.15, -0.1) is 11.8 Å². The van der Waals surface area contributed by atoms with Crippen molar-refractivity contribution in [3.8, 4) is 0 Å². The van der Waals surface area contributed by atoms with Gasteiger partial charge < -0.3 is 15.2 Å². The first-order valence-corrected chi connectivity index (χ1v) is 14.7. The Morgan fingerprint density at radius 1 is 1.08 bits per heavy atom. The van der Waals surface area contributed by atoms with E-state index in [9.17, 15) is 9.59 Å². The number of hydrogen-bond acceptors (Lipinski definition) is 3. The number of benzene rings is 2. The third-order valence-electron chi connectivity index (χ3n) is 7.42. The van der Waals surface area contributed by atoms with Crippen molar-refractivity contribution in [2.75, 3.05) is 18.4 Å². The Labute approximate surface area is 238 Å². The average molecular weight is 569 g/mol. The molecule has 0 atom stereocenters. The quantitative estimate of drug-likeness (QED) is 0.217. The summed E-state index contributed by atoms with van der Waals surface area (Å²) in [5, 5.41) is 4.29. The maximum Gasteiger partial charge on any atom is 0.256 e. The number of hydrogen-bond donors (Lipinski definition) is 2. The van der Waals surface area contributed by atoms with Gasteiger partial charge in [0.05, 0.1) is 5.57 Å². The second kappa shape index (κ2) is 11.6. The van der Waals surface area contributed by atoms with Crippen molar-refractivity contribution in [1.29, 1.82) is 0 Å². The monoisotopic (exact) mass is 567 g/mol. The summed E-state index contributed by atoms with van der Waals surface area (Å²) in [4.78, 5) is 31.8. The third-order valence-corrected chi connectivity index (χ3v) is 9.14. The van der Waals surface area contributed by atoms with Gasteiger partial charge >= 0.3 is 0 Å². The van der Waals surface area contributed by atoms with Crippen molar-refractivity contribution < 1.29 is 9.59 Å². The average Bonchev–Trinajstić information content (AvgIpc) is 3.59. The predicted molar refractivity (Wildman–Crippen MR) is 158 cm³/mol. The van der Waals surface area contributed by atoms with Gasteiger partial charge in [-0.25, -0.2) is 0 Å². The molecule has 2 aliphatic rings. The van der Waals surface area contributed by atoms with Gasteiger partial charge in [0.15, 0.2) is 0 Å². The van der Waals surface area contributed by atoms with E-state index in [4.69, 9.17) is 23.2 Å². The Bertz CT molecular complexity index is 1400. The zero-order chi connectivity index (χ0) is 26.8. The van der Waals surface area contributed by atoms with Gasteiger partial charge in [-0.3, -0.25) is 9.59 Å². The summed E-state index contributed by atoms with van der Waals surface area (Å²) >= 11 is 14.3. The number of aromatic nitrogens is 1. The molecular weight excluding hydrogens is 537 g/mol. The molecule has 5 nitrogen and oxygen atoms in total. The molecule has 2 aromatic carbocycles. The van der Waals surface area contributed by atoms with E-state index in [1.54, 1.807) is 11.8 Å². The van der Waals surface area contributed by atoms with Crippen molar-refractivity contribution in [3.63, 3.8) is 0 Å². The summed E-state index contributed by atoms with van der Waals surface area (Å²) < 4.78 is 0. The van der Waals surface area contributed by atoms with E-state index in [1.807, 2.05) is 47.4 Å². The van der Waals surface area contributed by atoms with Crippen LogP contribution in [0.1, 0.15) is 59.3 Å². The Balaban J connectivity index is 1.32. The Hall–Kier alpha value is -2.67. The van der Waals surface area contributed by atoms with Gasteiger partial charge in [-0.05, 0) is 92.6 Å². The van der Waals surface area contributed by atoms with Gasteiger partial charge in [-0.2, -0.15) is 0 Å². The van der Waals surface area contributed by atoms with Crippen LogP contribution in [-0.4, -0.2) is 34.8 Å². The number of nitrogens with zero attached hydrogens (tertiary/aromatic N) is 1. The second-order valence-electron chi connectivity index (χ2n) is 9.92. The largest absolute Gasteiger partial charge is 0.359 e. The SMILES string of the molecule is Cc1[nH]c(/C=C2\C(=O)Nc3ccc(SCc4c(Cl)cccc4Cl)cc32)c(C)c1CCCC(=O)N1CCCC1. The van der Waals surface area contributed by atoms with E-state index in [2.05, 4.69) is 24.1 Å². The van der Waals surface area contributed by atoms with Crippen molar-refractivity contribution >= 4 is 64.1 Å². The van der Waals surface area contributed by atoms with Crippen LogP contribution in [0.4, 0.5) is 5.69 Å². The zero-order valence-electron chi connectivity index (χ0n) is 21.6. The van der Waals surface area contributed by atoms with Crippen LogP contribution in [0.2, 0.25) is 10.0 Å². The minimum Gasteiger partial charge on any atom is -0.359 e. The van der Waals surface area contributed by atoms with Crippen LogP contribution in [0.3, 0.4) is 0 Å². The lowest BCUT2D eigenvalue weighted by atomic mass is 10.0. The molecule has 2 N–H and O–H groups in total. The highest BCUT2D eigenvalue weighted by Gasteiger charge is 2.26. The molecule has 0 spiro atoms. The van der Waals surface area contributed by atoms with Crippen LogP contribution in [0.5, 0.6) is 0 Å². The van der Waals surface area contributed by atoms with Crippen LogP contribution in [0, 0.1) is 13.8 Å². The number of aromatic amines is 1. The number of fused-ring (bicyclic) bond motifs is 1. The van der Waals surface area contributed by atoms with E-state index in [1.165, 1.54) is 5.56 Å². The third kappa shape index (κ3) is 5.68. The Morgan fingerprint density at radius 2 is 1.82 bits per heavy atom. The second-order valence-corrected chi connectivity index (χ2v) is 11.8. The first-order valence-electron chi connectivity index (χ1n) is 13.0. The standard InChI is InChI=1S/C30H31Cl2N3O2S/c1-18-21(7-5-10-29(36)35-13-3-4-14-35)19(2)33-28(18)16-23-22-15-20(11-12-27(22)34-30(23)37)38-17-24-25(31)8-6-9-26(24)32/h6,8-9,11-12,15-16,33H,3-5,7,10,13-14,17H2,1-2H3,(H,34,37)/b23-16-. The zero-order valence-corrected chi connectivity index (χ0v) is 24.0. The Kier molecular flexibility index (Phi) is 8.22. The molecule has 5 rings (SSSR count). The molecule has 0 saturated carbocycles. The summed E-state index contributed by atoms with van der Waals surface area (Å²) in [6, 6.07) is 11.5. The number of amides is 2. The molecule has 0 aliphatic carbocycles. The molecule has 0 unspecified atom stereocenters. The Morgan fingerprint density at radius 3 is 2.55 bits per heavy atom. The van der Waals surface area contributed by atoms with Crippen molar-refractivity contribution in [3.05, 3.63) is 80.1 Å². The predicted octanol–water partition coefficient (Wildman–Crippen LogP) is 7.67. The van der Waals surface area contributed by atoms with E-state index in [-0.39, 0.29) is 11.8 Å². The smallest absolute Gasteiger partial charge is 0.256 e. The summed E-state index contributed by atoms with van der Waals surface area (Å²) in [6.07, 6.45) is 6.42. The molecule has 1 fully saturated rings. The van der Waals surface area contributed by atoms with Gasteiger partial charge in [0.1, 0.15) is 0 Å². The molecule has 3 heterocycles. The van der Waals surface area contributed by atoms with Crippen LogP contribution in [-0.2, 0) is 21.8 Å². The van der Waals surface area contributed by atoms with E-state index < -0.39 is 0 Å². The van der Waals surface area contributed by atoms with Crippen LogP contribution in [0.15, 0.2) is 41.3 Å². The topological polar surface area (TPSA) is 65.2 Å². The molecular formula is C30H31Cl2N3O2S. The molecule has 0 radical (unpaired) electrons. The molecule has 0 bridgehead atoms. The van der Waals surface area contributed by atoms with Gasteiger partial charge in [0, 0.05) is 62.8 Å². The summed E-state index contributed by atoms with van der Waals surface area (Å²) in [6.45, 7) is 5.94. The number of H-pyrrole nitrogens is 1. The normalized spacial score (nSPS) is 15.8. The molecule has 2 amide bonds. The highest BCUT2D eigenvalue weighted by atomic mass is 35.5. The minimum absolute atomic E-state index is 0.110. The fraction of sp³-hybridized carbons (Fsp3) is 0.333. The molecule has 198 valence electrons. The number of nitrogens with one attached hydrogen (secondary N) is 2. The maximum atomic E-state index is 12.9. The molecule has 8 heteroatoms. The fourth-order valence-corrected chi connectivity index (χ4v) is 6.92. The van der Waals surface area contributed by atoms with Crippen molar-refractivity contribution in [2.24, 2.45) is 0 Å². The van der Waals surface area contributed by atoms with E-state index in [0.717, 1.165) is 77.4 Å². The van der Waals surface area contributed by atoms with Crippen molar-refractivity contribution in [2.45, 2.75) is 56.6 Å². The van der Waals surface area contributed by atoms with Crippen LogP contribution >= 0.6 is 35.0 Å². The summed E-state index contributed by atoms with van der Waals surface area (Å²) in [5.41, 5.74) is 7.61. The van der Waals surface area contributed by atoms with E-state index >= 15 is 0 Å². The highest BCUT2D eigenvalue weighted by molar-refractivity contribution is 7.98. The number of carbonyl (C=O) groups excluding carboxylic acids is 2.